The molecular weight excluding hydrogens is 828 g/mol. The summed E-state index contributed by atoms with van der Waals surface area (Å²) in [6.07, 6.45) is -11.1. The van der Waals surface area contributed by atoms with Crippen LogP contribution in [0.1, 0.15) is 39.7 Å². The third-order valence-electron chi connectivity index (χ3n) is 9.72. The lowest BCUT2D eigenvalue weighted by atomic mass is 10.0. The van der Waals surface area contributed by atoms with Crippen molar-refractivity contribution in [1.29, 1.82) is 0 Å². The number of alkyl halides is 2. The Kier molecular flexibility index (Phi) is 11.2. The summed E-state index contributed by atoms with van der Waals surface area (Å²) in [4.78, 5) is 61.6. The lowest BCUT2D eigenvalue weighted by molar-refractivity contribution is -0.148. The predicted molar refractivity (Wildman–Crippen MR) is 199 cm³/mol. The SMILES string of the molecule is Cc1ccc(C(=O)c2ccc(CS[P@]3(=O)OC[C@H]4O[C@@H](N5C=CC(=O)CC5=O)[C@H](OP(=O)(O)OC[C@H]5O[C@@H](n6cnc7c(N)ncnc76)[C@H](O3)[C@@H]5F)[C@@H]4F)cc2)cc1. The van der Waals surface area contributed by atoms with Crippen LogP contribution in [0, 0.1) is 6.92 Å². The number of imidazole rings is 1. The van der Waals surface area contributed by atoms with E-state index in [1.54, 1.807) is 36.4 Å². The van der Waals surface area contributed by atoms with E-state index in [4.69, 9.17) is 33.3 Å². The van der Waals surface area contributed by atoms with Crippen LogP contribution in [0.25, 0.3) is 11.2 Å². The Morgan fingerprint density at radius 2 is 1.55 bits per heavy atom. The van der Waals surface area contributed by atoms with Crippen LogP contribution >= 0.6 is 26.0 Å². The highest BCUT2D eigenvalue weighted by molar-refractivity contribution is 8.54. The third-order valence-corrected chi connectivity index (χ3v) is 14.4. The molecule has 0 aliphatic carbocycles. The second-order valence-corrected chi connectivity index (χ2v) is 19.1. The molecule has 3 saturated heterocycles. The fourth-order valence-electron chi connectivity index (χ4n) is 6.70. The number of aryl methyl sites for hydroxylation is 1. The van der Waals surface area contributed by atoms with Gasteiger partial charge in [0.2, 0.25) is 5.91 Å². The fraction of sp³-hybridized carbons (Fsp3) is 0.371. The molecule has 3 fully saturated rings. The summed E-state index contributed by atoms with van der Waals surface area (Å²) in [6, 6.07) is 13.5. The van der Waals surface area contributed by atoms with E-state index in [0.29, 0.717) is 28.1 Å². The Morgan fingerprint density at radius 1 is 0.914 bits per heavy atom. The van der Waals surface area contributed by atoms with Crippen molar-refractivity contribution in [2.45, 2.75) is 68.3 Å². The van der Waals surface area contributed by atoms with Crippen LogP contribution < -0.4 is 5.73 Å². The van der Waals surface area contributed by atoms with Gasteiger partial charge >= 0.3 is 14.6 Å². The smallest absolute Gasteiger partial charge is 0.382 e. The Balaban J connectivity index is 1.11. The zero-order valence-corrected chi connectivity index (χ0v) is 32.8. The Morgan fingerprint density at radius 3 is 2.24 bits per heavy atom. The van der Waals surface area contributed by atoms with Gasteiger partial charge in [-0.05, 0) is 29.9 Å². The maximum Gasteiger partial charge on any atom is 0.472 e. The number of halogens is 2. The molecular formula is C35H34F2N6O12P2S. The summed E-state index contributed by atoms with van der Waals surface area (Å²) in [6.45, 7) is -4.53. The number of benzene rings is 2. The molecule has 10 atom stereocenters. The van der Waals surface area contributed by atoms with Crippen molar-refractivity contribution in [3.05, 3.63) is 95.7 Å². The van der Waals surface area contributed by atoms with E-state index < -0.39 is 95.2 Å². The highest BCUT2D eigenvalue weighted by atomic mass is 32.7. The van der Waals surface area contributed by atoms with Crippen LogP contribution in [0.4, 0.5) is 14.6 Å². The molecule has 23 heteroatoms. The van der Waals surface area contributed by atoms with E-state index in [-0.39, 0.29) is 28.5 Å². The summed E-state index contributed by atoms with van der Waals surface area (Å²) in [7, 11) is -5.26. The third kappa shape index (κ3) is 8.16. The fourth-order valence-corrected chi connectivity index (χ4v) is 11.0. The van der Waals surface area contributed by atoms with Crippen molar-refractivity contribution in [3.63, 3.8) is 0 Å². The Labute approximate surface area is 331 Å². The summed E-state index contributed by atoms with van der Waals surface area (Å²) in [5, 5.41) is 0. The summed E-state index contributed by atoms with van der Waals surface area (Å²) in [5.41, 5.74) is 8.60. The lowest BCUT2D eigenvalue weighted by Crippen LogP contribution is -2.46. The molecule has 0 spiro atoms. The van der Waals surface area contributed by atoms with Crippen molar-refractivity contribution in [3.8, 4) is 0 Å². The van der Waals surface area contributed by atoms with Crippen LogP contribution in [0.15, 0.2) is 73.5 Å². The standard InChI is InChI=1S/C35H34F2N6O12P2S/c1-18-2-6-20(7-3-18)29(46)21-8-4-19(5-9-21)15-58-57(49)51-14-24-26(36)30(34(52-24)42-11-10-22(44)12-25(42)45)54-56(47,48)50-13-23-27(37)31(55-57)35(53-23)43-17-41-28-32(38)39-16-40-33(28)43/h2-11,16-17,23-24,26-27,30-31,34-35H,12-15H2,1H3,(H,47,48)(H2,38,39,40)/t23-,24-,26-,27-,30-,31-,34-,35-,57-/m1/s1. The quantitative estimate of drug-likeness (QED) is 0.148. The van der Waals surface area contributed by atoms with Gasteiger partial charge in [0, 0.05) is 23.1 Å². The Hall–Kier alpha value is -4.27. The maximum atomic E-state index is 16.6. The number of fused-ring (bicyclic) bond motifs is 5. The van der Waals surface area contributed by atoms with Gasteiger partial charge in [0.25, 0.3) is 0 Å². The number of allylic oxidation sites excluding steroid dienone is 1. The average Bonchev–Trinajstić information content (AvgIpc) is 3.85. The van der Waals surface area contributed by atoms with E-state index in [9.17, 15) is 28.4 Å². The minimum atomic E-state index is -5.26. The predicted octanol–water partition coefficient (Wildman–Crippen LogP) is 4.52. The molecule has 4 aromatic rings. The van der Waals surface area contributed by atoms with E-state index in [1.807, 2.05) is 19.1 Å². The van der Waals surface area contributed by atoms with Gasteiger partial charge < -0.3 is 20.1 Å². The van der Waals surface area contributed by atoms with Crippen molar-refractivity contribution in [2.75, 3.05) is 18.9 Å². The van der Waals surface area contributed by atoms with Gasteiger partial charge in [0.1, 0.15) is 36.3 Å². The van der Waals surface area contributed by atoms with E-state index in [2.05, 4.69) is 15.0 Å². The maximum absolute atomic E-state index is 16.6. The number of ether oxygens (including phenoxy) is 2. The van der Waals surface area contributed by atoms with Crippen LogP contribution in [0.5, 0.6) is 0 Å². The number of hydrogen-bond donors (Lipinski definition) is 2. The van der Waals surface area contributed by atoms with Gasteiger partial charge in [-0.25, -0.2) is 32.9 Å². The molecule has 1 unspecified atom stereocenters. The molecule has 3 N–H and O–H groups in total. The van der Waals surface area contributed by atoms with Crippen molar-refractivity contribution >= 4 is 60.5 Å². The molecule has 18 nitrogen and oxygen atoms in total. The van der Waals surface area contributed by atoms with E-state index in [0.717, 1.165) is 29.1 Å². The zero-order chi connectivity index (χ0) is 40.9. The number of phosphoric ester groups is 1. The number of ketones is 2. The molecule has 4 bridgehead atoms. The largest absolute Gasteiger partial charge is 0.472 e. The first-order valence-corrected chi connectivity index (χ1v) is 22.3. The average molecular weight is 863 g/mol. The molecule has 4 aliphatic rings. The van der Waals surface area contributed by atoms with E-state index in [1.165, 1.54) is 10.9 Å². The number of aromatic nitrogens is 4. The van der Waals surface area contributed by atoms with Crippen LogP contribution in [0.3, 0.4) is 0 Å². The van der Waals surface area contributed by atoms with Gasteiger partial charge in [-0.3, -0.25) is 41.9 Å². The molecule has 2 aromatic heterocycles. The zero-order valence-electron chi connectivity index (χ0n) is 30.2. The second kappa shape index (κ2) is 16.1. The summed E-state index contributed by atoms with van der Waals surface area (Å²) < 4.78 is 96.0. The van der Waals surface area contributed by atoms with Gasteiger partial charge in [-0.15, -0.1) is 0 Å². The minimum absolute atomic E-state index is 0.00808. The van der Waals surface area contributed by atoms with Gasteiger partial charge in [-0.2, -0.15) is 0 Å². The molecule has 6 heterocycles. The number of rotatable bonds is 7. The molecule has 4 aliphatic heterocycles. The molecule has 0 saturated carbocycles. The van der Waals surface area contributed by atoms with Gasteiger partial charge in [0.15, 0.2) is 47.8 Å². The molecule has 2 aromatic carbocycles. The Bertz CT molecular complexity index is 2380. The minimum Gasteiger partial charge on any atom is -0.382 e. The van der Waals surface area contributed by atoms with Crippen LogP contribution in [0.2, 0.25) is 0 Å². The number of nitrogens with two attached hydrogens (primary N) is 1. The number of anilines is 1. The molecule has 306 valence electrons. The lowest BCUT2D eigenvalue weighted by Gasteiger charge is -2.31. The first kappa shape index (κ1) is 40.5. The van der Waals surface area contributed by atoms with Gasteiger partial charge in [-0.1, -0.05) is 54.1 Å². The molecule has 8 rings (SSSR count). The number of carbonyl (C=O) groups excluding carboxylic acids is 3. The molecule has 0 radical (unpaired) electrons. The van der Waals surface area contributed by atoms with Crippen molar-refractivity contribution < 1.29 is 64.8 Å². The van der Waals surface area contributed by atoms with Crippen molar-refractivity contribution in [1.82, 2.24) is 24.4 Å². The van der Waals surface area contributed by atoms with E-state index >= 15 is 8.78 Å². The highest BCUT2D eigenvalue weighted by Gasteiger charge is 2.56. The summed E-state index contributed by atoms with van der Waals surface area (Å²) >= 11 is 0.622. The first-order valence-electron chi connectivity index (χ1n) is 17.7. The highest BCUT2D eigenvalue weighted by Crippen LogP contribution is 2.65. The van der Waals surface area contributed by atoms with Crippen LogP contribution in [-0.4, -0.2) is 103 Å². The number of amides is 1. The molecule has 58 heavy (non-hydrogen) atoms. The second-order valence-electron chi connectivity index (χ2n) is 13.7. The monoisotopic (exact) mass is 862 g/mol. The number of carbonyl (C=O) groups is 3. The number of nitrogen functional groups attached to an aromatic ring is 1. The van der Waals surface area contributed by atoms with Crippen LogP contribution in [-0.2, 0) is 52.0 Å². The normalized spacial score (nSPS) is 33.1. The van der Waals surface area contributed by atoms with Crippen molar-refractivity contribution in [2.24, 2.45) is 0 Å². The van der Waals surface area contributed by atoms with Gasteiger partial charge in [0.05, 0.1) is 26.0 Å². The number of nitrogens with zero attached hydrogens (tertiary/aromatic N) is 5. The summed E-state index contributed by atoms with van der Waals surface area (Å²) in [5.74, 6) is -1.67. The topological polar surface area (TPSA) is 234 Å². The number of hydrogen-bond acceptors (Lipinski definition) is 16. The number of phosphoric acid groups is 1. The first-order chi connectivity index (χ1) is 27.7. The molecule has 1 amide bonds.